The Labute approximate surface area is 92.5 Å². The molecule has 0 spiro atoms. The number of nitrogens with zero attached hydrogens (tertiary/aromatic N) is 1. The molecule has 1 amide bonds. The molecule has 0 saturated carbocycles. The summed E-state index contributed by atoms with van der Waals surface area (Å²) in [6.45, 7) is 8.86. The summed E-state index contributed by atoms with van der Waals surface area (Å²) in [6.07, 6.45) is 3.90. The monoisotopic (exact) mass is 210 g/mol. The molecule has 1 rings (SSSR count). The lowest BCUT2D eigenvalue weighted by atomic mass is 10.0. The Kier molecular flexibility index (Phi) is 4.82. The second-order valence-corrected chi connectivity index (χ2v) is 4.33. The van der Waals surface area contributed by atoms with E-state index in [-0.39, 0.29) is 5.91 Å². The Morgan fingerprint density at radius 3 is 2.47 bits per heavy atom. The van der Waals surface area contributed by atoms with Crippen LogP contribution in [0, 0.1) is 0 Å². The van der Waals surface area contributed by atoms with Gasteiger partial charge in [-0.3, -0.25) is 4.79 Å². The molecule has 0 atom stereocenters. The van der Waals surface area contributed by atoms with Gasteiger partial charge >= 0.3 is 0 Å². The highest BCUT2D eigenvalue weighted by molar-refractivity contribution is 5.88. The number of piperidine rings is 1. The second kappa shape index (κ2) is 5.91. The third-order valence-electron chi connectivity index (χ3n) is 2.79. The number of allylic oxidation sites excluding steroid dienone is 1. The third kappa shape index (κ3) is 3.67. The van der Waals surface area contributed by atoms with Gasteiger partial charge in [0, 0.05) is 18.7 Å². The van der Waals surface area contributed by atoms with Crippen LogP contribution in [0.4, 0.5) is 0 Å². The van der Waals surface area contributed by atoms with Crippen LogP contribution >= 0.6 is 0 Å². The summed E-state index contributed by atoms with van der Waals surface area (Å²) in [6, 6.07) is 0.430. The van der Waals surface area contributed by atoms with E-state index in [2.05, 4.69) is 12.2 Å². The highest BCUT2D eigenvalue weighted by Gasteiger charge is 2.22. The SMILES string of the molecule is CCN(C(=O)C=C(C)C)C1CCNCC1. The van der Waals surface area contributed by atoms with Gasteiger partial charge < -0.3 is 10.2 Å². The quantitative estimate of drug-likeness (QED) is 0.717. The molecule has 0 aliphatic carbocycles. The van der Waals surface area contributed by atoms with Crippen molar-refractivity contribution in [3.05, 3.63) is 11.6 Å². The molecule has 15 heavy (non-hydrogen) atoms. The van der Waals surface area contributed by atoms with Crippen molar-refractivity contribution >= 4 is 5.91 Å². The number of amides is 1. The van der Waals surface area contributed by atoms with E-state index in [9.17, 15) is 4.79 Å². The summed E-state index contributed by atoms with van der Waals surface area (Å²) in [4.78, 5) is 13.9. The molecule has 0 unspecified atom stereocenters. The maximum atomic E-state index is 11.9. The van der Waals surface area contributed by atoms with E-state index in [0.29, 0.717) is 6.04 Å². The van der Waals surface area contributed by atoms with E-state index >= 15 is 0 Å². The lowest BCUT2D eigenvalue weighted by Gasteiger charge is -2.33. The minimum atomic E-state index is 0.171. The van der Waals surface area contributed by atoms with E-state index in [1.165, 1.54) is 0 Å². The minimum absolute atomic E-state index is 0.171. The van der Waals surface area contributed by atoms with Crippen molar-refractivity contribution in [2.24, 2.45) is 0 Å². The summed E-state index contributed by atoms with van der Waals surface area (Å²) in [5.74, 6) is 0.171. The van der Waals surface area contributed by atoms with Crippen LogP contribution in [-0.2, 0) is 4.79 Å². The Bertz CT molecular complexity index is 238. The highest BCUT2D eigenvalue weighted by atomic mass is 16.2. The Balaban J connectivity index is 2.61. The van der Waals surface area contributed by atoms with Gasteiger partial charge in [0.25, 0.3) is 0 Å². The van der Waals surface area contributed by atoms with E-state index < -0.39 is 0 Å². The first-order valence-corrected chi connectivity index (χ1v) is 5.81. The molecule has 0 bridgehead atoms. The maximum absolute atomic E-state index is 11.9. The van der Waals surface area contributed by atoms with Crippen LogP contribution in [0.15, 0.2) is 11.6 Å². The van der Waals surface area contributed by atoms with Gasteiger partial charge in [-0.15, -0.1) is 0 Å². The Hall–Kier alpha value is -0.830. The second-order valence-electron chi connectivity index (χ2n) is 4.33. The van der Waals surface area contributed by atoms with Crippen molar-refractivity contribution in [1.82, 2.24) is 10.2 Å². The number of hydrogen-bond donors (Lipinski definition) is 1. The van der Waals surface area contributed by atoms with Crippen LogP contribution in [0.2, 0.25) is 0 Å². The summed E-state index contributed by atoms with van der Waals surface area (Å²) < 4.78 is 0. The first-order chi connectivity index (χ1) is 7.15. The van der Waals surface area contributed by atoms with E-state index in [4.69, 9.17) is 0 Å². The van der Waals surface area contributed by atoms with Crippen LogP contribution < -0.4 is 5.32 Å². The molecule has 1 saturated heterocycles. The van der Waals surface area contributed by atoms with Gasteiger partial charge in [-0.2, -0.15) is 0 Å². The minimum Gasteiger partial charge on any atom is -0.336 e. The molecule has 0 radical (unpaired) electrons. The Morgan fingerprint density at radius 2 is 2.00 bits per heavy atom. The third-order valence-corrected chi connectivity index (χ3v) is 2.79. The molecule has 1 fully saturated rings. The van der Waals surface area contributed by atoms with Gasteiger partial charge in [0.1, 0.15) is 0 Å². The summed E-state index contributed by atoms with van der Waals surface area (Å²) in [5.41, 5.74) is 1.08. The fourth-order valence-electron chi connectivity index (χ4n) is 2.04. The van der Waals surface area contributed by atoms with Crippen molar-refractivity contribution in [1.29, 1.82) is 0 Å². The average Bonchev–Trinajstić information content (AvgIpc) is 2.19. The molecule has 0 aromatic heterocycles. The molecule has 0 aromatic carbocycles. The Morgan fingerprint density at radius 1 is 1.40 bits per heavy atom. The summed E-state index contributed by atoms with van der Waals surface area (Å²) >= 11 is 0. The number of carbonyl (C=O) groups excluding carboxylic acids is 1. The molecule has 1 heterocycles. The van der Waals surface area contributed by atoms with Crippen molar-refractivity contribution < 1.29 is 4.79 Å². The first kappa shape index (κ1) is 12.2. The van der Waals surface area contributed by atoms with E-state index in [1.54, 1.807) is 6.08 Å². The van der Waals surface area contributed by atoms with E-state index in [1.807, 2.05) is 18.7 Å². The fourth-order valence-corrected chi connectivity index (χ4v) is 2.04. The number of nitrogens with one attached hydrogen (secondary N) is 1. The van der Waals surface area contributed by atoms with Gasteiger partial charge in [0.05, 0.1) is 0 Å². The molecule has 1 aliphatic rings. The van der Waals surface area contributed by atoms with Crippen LogP contribution in [-0.4, -0.2) is 36.5 Å². The molecule has 1 N–H and O–H groups in total. The lowest BCUT2D eigenvalue weighted by Crippen LogP contribution is -2.45. The lowest BCUT2D eigenvalue weighted by molar-refractivity contribution is -0.128. The summed E-state index contributed by atoms with van der Waals surface area (Å²) in [7, 11) is 0. The van der Waals surface area contributed by atoms with Crippen LogP contribution in [0.25, 0.3) is 0 Å². The number of rotatable bonds is 3. The van der Waals surface area contributed by atoms with Crippen LogP contribution in [0.3, 0.4) is 0 Å². The van der Waals surface area contributed by atoms with Crippen LogP contribution in [0.1, 0.15) is 33.6 Å². The van der Waals surface area contributed by atoms with E-state index in [0.717, 1.165) is 38.0 Å². The van der Waals surface area contributed by atoms with Crippen LogP contribution in [0.5, 0.6) is 0 Å². The van der Waals surface area contributed by atoms with Crippen molar-refractivity contribution in [2.75, 3.05) is 19.6 Å². The van der Waals surface area contributed by atoms with Gasteiger partial charge in [0.2, 0.25) is 5.91 Å². The van der Waals surface area contributed by atoms with Gasteiger partial charge in [-0.25, -0.2) is 0 Å². The molecule has 3 heteroatoms. The van der Waals surface area contributed by atoms with Crippen molar-refractivity contribution in [3.8, 4) is 0 Å². The smallest absolute Gasteiger partial charge is 0.246 e. The standard InChI is InChI=1S/C12H22N2O/c1-4-14(12(15)9-10(2)3)11-5-7-13-8-6-11/h9,11,13H,4-8H2,1-3H3. The fraction of sp³-hybridized carbons (Fsp3) is 0.750. The zero-order chi connectivity index (χ0) is 11.3. The first-order valence-electron chi connectivity index (χ1n) is 5.81. The molecule has 1 aliphatic heterocycles. The predicted octanol–water partition coefficient (Wildman–Crippen LogP) is 1.55. The largest absolute Gasteiger partial charge is 0.336 e. The highest BCUT2D eigenvalue weighted by Crippen LogP contribution is 2.12. The zero-order valence-electron chi connectivity index (χ0n) is 10.0. The van der Waals surface area contributed by atoms with Gasteiger partial charge in [-0.1, -0.05) is 5.57 Å². The molecule has 3 nitrogen and oxygen atoms in total. The molecule has 0 aromatic rings. The van der Waals surface area contributed by atoms with Gasteiger partial charge in [-0.05, 0) is 46.7 Å². The number of likely N-dealkylation sites (N-methyl/N-ethyl adjacent to an activating group) is 1. The topological polar surface area (TPSA) is 32.3 Å². The van der Waals surface area contributed by atoms with Crippen molar-refractivity contribution in [3.63, 3.8) is 0 Å². The maximum Gasteiger partial charge on any atom is 0.246 e. The summed E-state index contributed by atoms with van der Waals surface area (Å²) in [5, 5.41) is 3.32. The zero-order valence-corrected chi connectivity index (χ0v) is 10.0. The number of carbonyl (C=O) groups is 1. The molecular weight excluding hydrogens is 188 g/mol. The number of hydrogen-bond acceptors (Lipinski definition) is 2. The average molecular weight is 210 g/mol. The normalized spacial score (nSPS) is 17.3. The van der Waals surface area contributed by atoms with Gasteiger partial charge in [0.15, 0.2) is 0 Å². The predicted molar refractivity (Wildman–Crippen MR) is 62.7 cm³/mol. The van der Waals surface area contributed by atoms with Crippen molar-refractivity contribution in [2.45, 2.75) is 39.7 Å². The molecular formula is C12H22N2O. The molecule has 86 valence electrons.